The zero-order chi connectivity index (χ0) is 12.2. The third-order valence-electron chi connectivity index (χ3n) is 2.67. The van der Waals surface area contributed by atoms with E-state index in [0.717, 1.165) is 5.56 Å². The van der Waals surface area contributed by atoms with E-state index < -0.39 is 5.54 Å². The van der Waals surface area contributed by atoms with Crippen molar-refractivity contribution in [2.45, 2.75) is 25.3 Å². The second-order valence-electron chi connectivity index (χ2n) is 4.09. The molecule has 1 unspecified atom stereocenters. The van der Waals surface area contributed by atoms with Crippen molar-refractivity contribution >= 4 is 11.6 Å². The summed E-state index contributed by atoms with van der Waals surface area (Å²) in [5.41, 5.74) is 6.65. The first-order valence-electron chi connectivity index (χ1n) is 5.25. The number of hydrogen-bond donors (Lipinski definition) is 2. The molecule has 0 radical (unpaired) electrons. The van der Waals surface area contributed by atoms with Crippen LogP contribution in [-0.4, -0.2) is 18.8 Å². The smallest absolute Gasteiger partial charge is 0.137 e. The van der Waals surface area contributed by atoms with Gasteiger partial charge in [-0.15, -0.1) is 0 Å². The molecule has 0 bridgehead atoms. The van der Waals surface area contributed by atoms with E-state index >= 15 is 0 Å². The molecule has 90 valence electrons. The standard InChI is InChI=1S/C12H18ClNO2/c1-12(14,6-3-7-15)9-4-5-11(16-2)10(13)8-9/h4-5,8,15H,3,6-7,14H2,1-2H3. The maximum absolute atomic E-state index is 8.81. The molecule has 1 rings (SSSR count). The molecule has 0 heterocycles. The minimum Gasteiger partial charge on any atom is -0.495 e. The number of halogens is 1. The molecule has 1 aromatic carbocycles. The molecule has 0 aliphatic rings. The van der Waals surface area contributed by atoms with Crippen LogP contribution >= 0.6 is 11.6 Å². The van der Waals surface area contributed by atoms with Crippen molar-refractivity contribution in [2.24, 2.45) is 5.73 Å². The average molecular weight is 244 g/mol. The fraction of sp³-hybridized carbons (Fsp3) is 0.500. The molecule has 1 aromatic rings. The Balaban J connectivity index is 2.91. The fourth-order valence-corrected chi connectivity index (χ4v) is 1.87. The Labute approximate surface area is 101 Å². The summed E-state index contributed by atoms with van der Waals surface area (Å²) in [6, 6.07) is 5.53. The maximum Gasteiger partial charge on any atom is 0.137 e. The van der Waals surface area contributed by atoms with Gasteiger partial charge in [0.1, 0.15) is 5.75 Å². The van der Waals surface area contributed by atoms with E-state index in [4.69, 9.17) is 27.2 Å². The van der Waals surface area contributed by atoms with Crippen LogP contribution in [0.3, 0.4) is 0 Å². The molecule has 0 fully saturated rings. The number of aliphatic hydroxyl groups excluding tert-OH is 1. The van der Waals surface area contributed by atoms with Crippen LogP contribution < -0.4 is 10.5 Å². The van der Waals surface area contributed by atoms with Gasteiger partial charge in [0.15, 0.2) is 0 Å². The molecule has 16 heavy (non-hydrogen) atoms. The van der Waals surface area contributed by atoms with Crippen molar-refractivity contribution in [3.05, 3.63) is 28.8 Å². The van der Waals surface area contributed by atoms with E-state index in [1.807, 2.05) is 25.1 Å². The predicted molar refractivity (Wildman–Crippen MR) is 65.9 cm³/mol. The molecule has 0 spiro atoms. The second-order valence-corrected chi connectivity index (χ2v) is 4.50. The third kappa shape index (κ3) is 3.11. The van der Waals surface area contributed by atoms with Crippen LogP contribution in [0, 0.1) is 0 Å². The Hall–Kier alpha value is -0.770. The van der Waals surface area contributed by atoms with Crippen LogP contribution in [0.4, 0.5) is 0 Å². The quantitative estimate of drug-likeness (QED) is 0.834. The summed E-state index contributed by atoms with van der Waals surface area (Å²) in [5.74, 6) is 0.642. The third-order valence-corrected chi connectivity index (χ3v) is 2.96. The Morgan fingerprint density at radius 1 is 1.50 bits per heavy atom. The largest absolute Gasteiger partial charge is 0.495 e. The Morgan fingerprint density at radius 3 is 2.69 bits per heavy atom. The van der Waals surface area contributed by atoms with Gasteiger partial charge < -0.3 is 15.6 Å². The van der Waals surface area contributed by atoms with Crippen LogP contribution in [0.15, 0.2) is 18.2 Å². The number of ether oxygens (including phenoxy) is 1. The number of rotatable bonds is 5. The average Bonchev–Trinajstić information content (AvgIpc) is 2.26. The number of methoxy groups -OCH3 is 1. The monoisotopic (exact) mass is 243 g/mol. The molecular weight excluding hydrogens is 226 g/mol. The summed E-state index contributed by atoms with van der Waals surface area (Å²) >= 11 is 6.04. The van der Waals surface area contributed by atoms with Gasteiger partial charge in [-0.2, -0.15) is 0 Å². The van der Waals surface area contributed by atoms with Crippen LogP contribution in [-0.2, 0) is 5.54 Å². The molecular formula is C12H18ClNO2. The second kappa shape index (κ2) is 5.53. The molecule has 3 N–H and O–H groups in total. The number of aliphatic hydroxyl groups is 1. The summed E-state index contributed by atoms with van der Waals surface area (Å²) in [4.78, 5) is 0. The topological polar surface area (TPSA) is 55.5 Å². The van der Waals surface area contributed by atoms with Gasteiger partial charge in [-0.1, -0.05) is 17.7 Å². The van der Waals surface area contributed by atoms with Crippen molar-refractivity contribution in [1.82, 2.24) is 0 Å². The summed E-state index contributed by atoms with van der Waals surface area (Å²) in [7, 11) is 1.58. The van der Waals surface area contributed by atoms with Gasteiger partial charge in [0.25, 0.3) is 0 Å². The lowest BCUT2D eigenvalue weighted by atomic mass is 9.88. The molecule has 0 aliphatic carbocycles. The van der Waals surface area contributed by atoms with Crippen LogP contribution in [0.2, 0.25) is 5.02 Å². The highest BCUT2D eigenvalue weighted by Gasteiger charge is 2.21. The van der Waals surface area contributed by atoms with Gasteiger partial charge >= 0.3 is 0 Å². The van der Waals surface area contributed by atoms with E-state index in [1.54, 1.807) is 7.11 Å². The summed E-state index contributed by atoms with van der Waals surface area (Å²) in [6.07, 6.45) is 1.39. The van der Waals surface area contributed by atoms with Gasteiger partial charge in [0, 0.05) is 12.1 Å². The maximum atomic E-state index is 8.81. The number of nitrogens with two attached hydrogens (primary N) is 1. The minimum atomic E-state index is -0.474. The van der Waals surface area contributed by atoms with Crippen LogP contribution in [0.5, 0.6) is 5.75 Å². The number of hydrogen-bond acceptors (Lipinski definition) is 3. The Bertz CT molecular complexity index is 353. The highest BCUT2D eigenvalue weighted by atomic mass is 35.5. The van der Waals surface area contributed by atoms with Crippen molar-refractivity contribution in [2.75, 3.05) is 13.7 Å². The first-order chi connectivity index (χ1) is 7.51. The molecule has 0 saturated heterocycles. The van der Waals surface area contributed by atoms with E-state index in [9.17, 15) is 0 Å². The fourth-order valence-electron chi connectivity index (χ4n) is 1.61. The molecule has 1 atom stereocenters. The zero-order valence-electron chi connectivity index (χ0n) is 9.66. The first kappa shape index (κ1) is 13.3. The Morgan fingerprint density at radius 2 is 2.19 bits per heavy atom. The van der Waals surface area contributed by atoms with Crippen molar-refractivity contribution < 1.29 is 9.84 Å². The molecule has 0 amide bonds. The molecule has 0 aliphatic heterocycles. The predicted octanol–water partition coefficient (Wildman–Crippen LogP) is 2.29. The van der Waals surface area contributed by atoms with E-state index in [0.29, 0.717) is 23.6 Å². The normalized spacial score (nSPS) is 14.6. The summed E-state index contributed by atoms with van der Waals surface area (Å²) in [5, 5.41) is 9.37. The van der Waals surface area contributed by atoms with Crippen LogP contribution in [0.25, 0.3) is 0 Å². The van der Waals surface area contributed by atoms with E-state index in [2.05, 4.69) is 0 Å². The number of benzene rings is 1. The minimum absolute atomic E-state index is 0.149. The Kier molecular flexibility index (Phi) is 4.59. The zero-order valence-corrected chi connectivity index (χ0v) is 10.4. The highest BCUT2D eigenvalue weighted by molar-refractivity contribution is 6.32. The van der Waals surface area contributed by atoms with Gasteiger partial charge in [0.2, 0.25) is 0 Å². The van der Waals surface area contributed by atoms with E-state index in [-0.39, 0.29) is 6.61 Å². The van der Waals surface area contributed by atoms with Gasteiger partial charge in [0.05, 0.1) is 12.1 Å². The molecule has 0 aromatic heterocycles. The van der Waals surface area contributed by atoms with Crippen molar-refractivity contribution in [1.29, 1.82) is 0 Å². The first-order valence-corrected chi connectivity index (χ1v) is 5.63. The van der Waals surface area contributed by atoms with Crippen LogP contribution in [0.1, 0.15) is 25.3 Å². The van der Waals surface area contributed by atoms with Crippen molar-refractivity contribution in [3.63, 3.8) is 0 Å². The molecule has 4 heteroatoms. The highest BCUT2D eigenvalue weighted by Crippen LogP contribution is 2.30. The lowest BCUT2D eigenvalue weighted by Crippen LogP contribution is -2.33. The van der Waals surface area contributed by atoms with Gasteiger partial charge in [-0.25, -0.2) is 0 Å². The van der Waals surface area contributed by atoms with Crippen molar-refractivity contribution in [3.8, 4) is 5.75 Å². The summed E-state index contributed by atoms with van der Waals surface area (Å²) in [6.45, 7) is 2.08. The SMILES string of the molecule is COc1ccc(C(C)(N)CCCO)cc1Cl. The lowest BCUT2D eigenvalue weighted by molar-refractivity contribution is 0.265. The molecule has 3 nitrogen and oxygen atoms in total. The van der Waals surface area contributed by atoms with E-state index in [1.165, 1.54) is 0 Å². The summed E-state index contributed by atoms with van der Waals surface area (Å²) < 4.78 is 5.08. The molecule has 0 saturated carbocycles. The van der Waals surface area contributed by atoms with Gasteiger partial charge in [-0.05, 0) is 37.5 Å². The lowest BCUT2D eigenvalue weighted by Gasteiger charge is -2.25. The van der Waals surface area contributed by atoms with Gasteiger partial charge in [-0.3, -0.25) is 0 Å².